The van der Waals surface area contributed by atoms with E-state index in [1.54, 1.807) is 0 Å². The van der Waals surface area contributed by atoms with Crippen molar-refractivity contribution in [1.82, 2.24) is 0 Å². The van der Waals surface area contributed by atoms with Crippen molar-refractivity contribution in [2.75, 3.05) is 11.5 Å². The Morgan fingerprint density at radius 1 is 0.750 bits per heavy atom. The lowest BCUT2D eigenvalue weighted by atomic mass is 9.75. The molecular formula is C26H34O8S2. The van der Waals surface area contributed by atoms with Crippen molar-refractivity contribution in [1.29, 1.82) is 0 Å². The third-order valence-electron chi connectivity index (χ3n) is 9.46. The van der Waals surface area contributed by atoms with E-state index in [-0.39, 0.29) is 11.8 Å². The molecule has 8 nitrogen and oxygen atoms in total. The van der Waals surface area contributed by atoms with E-state index < -0.39 is 53.8 Å². The number of ether oxygens (including phenoxy) is 2. The average Bonchev–Trinajstić information content (AvgIpc) is 3.25. The summed E-state index contributed by atoms with van der Waals surface area (Å²) in [4.78, 5) is 0. The van der Waals surface area contributed by atoms with E-state index in [0.29, 0.717) is 12.8 Å². The third-order valence-corrected chi connectivity index (χ3v) is 11.1. The summed E-state index contributed by atoms with van der Waals surface area (Å²) >= 11 is 0. The van der Waals surface area contributed by atoms with Gasteiger partial charge in [-0.3, -0.25) is 9.11 Å². The van der Waals surface area contributed by atoms with Crippen LogP contribution in [0.25, 0.3) is 12.2 Å². The van der Waals surface area contributed by atoms with Gasteiger partial charge in [-0.1, -0.05) is 52.0 Å². The molecule has 2 saturated heterocycles. The largest absolute Gasteiger partial charge is 0.490 e. The van der Waals surface area contributed by atoms with Crippen LogP contribution in [0.3, 0.4) is 0 Å². The van der Waals surface area contributed by atoms with Crippen molar-refractivity contribution in [3.05, 3.63) is 46.9 Å². The summed E-state index contributed by atoms with van der Waals surface area (Å²) in [6.45, 7) is 7.99. The number of rotatable bonds is 6. The van der Waals surface area contributed by atoms with E-state index >= 15 is 0 Å². The summed E-state index contributed by atoms with van der Waals surface area (Å²) in [5.74, 6) is 0.806. The maximum atomic E-state index is 11.7. The highest BCUT2D eigenvalue weighted by molar-refractivity contribution is 7.86. The molecule has 2 heterocycles. The van der Waals surface area contributed by atoms with Gasteiger partial charge in [0.25, 0.3) is 20.2 Å². The first-order valence-electron chi connectivity index (χ1n) is 12.3. The van der Waals surface area contributed by atoms with Gasteiger partial charge in [-0.15, -0.1) is 0 Å². The zero-order valence-electron chi connectivity index (χ0n) is 21.0. The van der Waals surface area contributed by atoms with Gasteiger partial charge in [0.15, 0.2) is 0 Å². The Morgan fingerprint density at radius 3 is 1.39 bits per heavy atom. The molecule has 36 heavy (non-hydrogen) atoms. The average molecular weight is 539 g/mol. The first-order valence-corrected chi connectivity index (χ1v) is 15.5. The van der Waals surface area contributed by atoms with Crippen LogP contribution in [0, 0.1) is 22.7 Å². The molecule has 10 heteroatoms. The molecule has 0 unspecified atom stereocenters. The Labute approximate surface area is 213 Å². The highest BCUT2D eigenvalue weighted by atomic mass is 32.2. The van der Waals surface area contributed by atoms with Gasteiger partial charge in [-0.05, 0) is 49.0 Å². The van der Waals surface area contributed by atoms with Gasteiger partial charge in [-0.25, -0.2) is 0 Å². The number of hydrogen-bond acceptors (Lipinski definition) is 6. The molecule has 4 aliphatic rings. The Balaban J connectivity index is 1.37. The lowest BCUT2D eigenvalue weighted by molar-refractivity contribution is -0.00383. The molecule has 198 valence electrons. The van der Waals surface area contributed by atoms with Crippen LogP contribution < -0.4 is 0 Å². The molecule has 2 aliphatic carbocycles. The number of hydrogen-bond donors (Lipinski definition) is 2. The summed E-state index contributed by atoms with van der Waals surface area (Å²) in [5.41, 5.74) is -0.855. The van der Waals surface area contributed by atoms with Crippen molar-refractivity contribution in [3.63, 3.8) is 0 Å². The highest BCUT2D eigenvalue weighted by Gasteiger charge is 2.66. The predicted octanol–water partition coefficient (Wildman–Crippen LogP) is 4.55. The van der Waals surface area contributed by atoms with Crippen LogP contribution in [0.4, 0.5) is 0 Å². The lowest BCUT2D eigenvalue weighted by Gasteiger charge is -2.34. The Kier molecular flexibility index (Phi) is 5.59. The summed E-state index contributed by atoms with van der Waals surface area (Å²) in [6, 6.07) is 7.79. The Bertz CT molecular complexity index is 1250. The standard InChI is InChI=1S/C26H34O8S2/c1-23(2)19-9-11-25(23,15-35(27,28)29)33-21(19)13-17-5-7-18(8-6-17)14-22-20-10-12-26(34-22,24(20,3)4)16-36(30,31)32/h5-8,13-14,19-20H,9-12,15-16H2,1-4H3,(H,27,28,29)(H,30,31,32)/b21-13-,22-14+/t19-,20-,25+,26+/m0/s1. The fourth-order valence-corrected chi connectivity index (χ4v) is 9.48. The second-order valence-corrected chi connectivity index (χ2v) is 14.9. The zero-order chi connectivity index (χ0) is 26.4. The van der Waals surface area contributed by atoms with Crippen LogP contribution >= 0.6 is 0 Å². The van der Waals surface area contributed by atoms with Crippen LogP contribution in [0.1, 0.15) is 64.5 Å². The SMILES string of the molecule is CC1(C)[C@H]2CC[C@]1(CS(=O)(=O)O)O/C2=C\c1ccc(/C=C2/O[C@@]3(CS(=O)(=O)O)CC[C@@H]2C3(C)C)cc1. The molecule has 4 fully saturated rings. The van der Waals surface area contributed by atoms with E-state index in [0.717, 1.165) is 35.5 Å². The molecule has 1 aromatic carbocycles. The van der Waals surface area contributed by atoms with Crippen LogP contribution in [0.5, 0.6) is 0 Å². The zero-order valence-corrected chi connectivity index (χ0v) is 22.7. The monoisotopic (exact) mass is 538 g/mol. The predicted molar refractivity (Wildman–Crippen MR) is 136 cm³/mol. The normalized spacial score (nSPS) is 36.4. The summed E-state index contributed by atoms with van der Waals surface area (Å²) < 4.78 is 78.1. The van der Waals surface area contributed by atoms with E-state index in [1.807, 2.05) is 64.1 Å². The van der Waals surface area contributed by atoms with Crippen molar-refractivity contribution >= 4 is 32.4 Å². The van der Waals surface area contributed by atoms with Gasteiger partial charge in [0, 0.05) is 22.7 Å². The van der Waals surface area contributed by atoms with Crippen LogP contribution in [0.15, 0.2) is 35.8 Å². The Hall–Kier alpha value is -1.88. The molecule has 0 spiro atoms. The van der Waals surface area contributed by atoms with Crippen molar-refractivity contribution in [2.24, 2.45) is 22.7 Å². The summed E-state index contributed by atoms with van der Waals surface area (Å²) in [6.07, 6.45) is 6.66. The maximum Gasteiger partial charge on any atom is 0.268 e. The van der Waals surface area contributed by atoms with E-state index in [9.17, 15) is 25.9 Å². The van der Waals surface area contributed by atoms with Gasteiger partial charge in [0.2, 0.25) is 0 Å². The van der Waals surface area contributed by atoms with Gasteiger partial charge in [0.05, 0.1) is 0 Å². The van der Waals surface area contributed by atoms with Gasteiger partial charge in [0.1, 0.15) is 34.2 Å². The molecular weight excluding hydrogens is 504 g/mol. The number of allylic oxidation sites excluding steroid dienone is 2. The molecule has 5 rings (SSSR count). The summed E-state index contributed by atoms with van der Waals surface area (Å²) in [7, 11) is -8.36. The molecule has 4 bridgehead atoms. The third kappa shape index (κ3) is 4.01. The minimum absolute atomic E-state index is 0.0738. The maximum absolute atomic E-state index is 11.7. The molecule has 2 saturated carbocycles. The van der Waals surface area contributed by atoms with Crippen LogP contribution in [0.2, 0.25) is 0 Å². The highest BCUT2D eigenvalue weighted by Crippen LogP contribution is 2.63. The minimum atomic E-state index is -4.18. The van der Waals surface area contributed by atoms with Crippen LogP contribution in [-0.2, 0) is 29.7 Å². The quantitative estimate of drug-likeness (QED) is 0.505. The lowest BCUT2D eigenvalue weighted by Crippen LogP contribution is -2.45. The minimum Gasteiger partial charge on any atom is -0.490 e. The van der Waals surface area contributed by atoms with Crippen molar-refractivity contribution in [3.8, 4) is 0 Å². The van der Waals surface area contributed by atoms with Crippen LogP contribution in [-0.4, -0.2) is 48.6 Å². The number of fused-ring (bicyclic) bond motifs is 4. The van der Waals surface area contributed by atoms with Crippen molar-refractivity contribution < 1.29 is 35.4 Å². The molecule has 0 aromatic heterocycles. The summed E-state index contributed by atoms with van der Waals surface area (Å²) in [5, 5.41) is 0. The second kappa shape index (κ2) is 7.82. The van der Waals surface area contributed by atoms with Gasteiger partial charge in [-0.2, -0.15) is 16.8 Å². The van der Waals surface area contributed by atoms with E-state index in [2.05, 4.69) is 0 Å². The fourth-order valence-electron chi connectivity index (χ4n) is 7.15. The molecule has 4 atom stereocenters. The molecule has 2 aliphatic heterocycles. The van der Waals surface area contributed by atoms with E-state index in [1.165, 1.54) is 0 Å². The molecule has 1 aromatic rings. The molecule has 0 amide bonds. The van der Waals surface area contributed by atoms with E-state index in [4.69, 9.17) is 9.47 Å². The second-order valence-electron chi connectivity index (χ2n) is 12.0. The first-order chi connectivity index (χ1) is 16.5. The first kappa shape index (κ1) is 25.8. The van der Waals surface area contributed by atoms with Gasteiger partial charge >= 0.3 is 0 Å². The Morgan fingerprint density at radius 2 is 1.08 bits per heavy atom. The number of benzene rings is 1. The molecule has 2 N–H and O–H groups in total. The smallest absolute Gasteiger partial charge is 0.268 e. The fraction of sp³-hybridized carbons (Fsp3) is 0.615. The van der Waals surface area contributed by atoms with Crippen molar-refractivity contribution in [2.45, 2.75) is 64.6 Å². The van der Waals surface area contributed by atoms with Gasteiger partial charge < -0.3 is 9.47 Å². The topological polar surface area (TPSA) is 127 Å². The molecule has 0 radical (unpaired) electrons.